The first-order valence-electron chi connectivity index (χ1n) is 4.07. The predicted octanol–water partition coefficient (Wildman–Crippen LogP) is 1.43. The summed E-state index contributed by atoms with van der Waals surface area (Å²) in [6.45, 7) is 0. The highest BCUT2D eigenvalue weighted by molar-refractivity contribution is 5.74. The highest BCUT2D eigenvalue weighted by Gasteiger charge is 2.21. The molecule has 1 aliphatic rings. The van der Waals surface area contributed by atoms with Crippen molar-refractivity contribution in [2.24, 2.45) is 5.92 Å². The first-order valence-corrected chi connectivity index (χ1v) is 4.07. The fourth-order valence-corrected chi connectivity index (χ4v) is 1.27. The van der Waals surface area contributed by atoms with Crippen molar-refractivity contribution >= 4 is 6.29 Å². The minimum absolute atomic E-state index is 0.551. The average Bonchev–Trinajstić information content (AvgIpc) is 1.81. The van der Waals surface area contributed by atoms with Gasteiger partial charge in [0, 0.05) is 25.9 Å². The van der Waals surface area contributed by atoms with Crippen molar-refractivity contribution in [1.29, 1.82) is 0 Å². The van der Waals surface area contributed by atoms with E-state index in [1.165, 1.54) is 19.3 Å². The highest BCUT2D eigenvalue weighted by atomic mass is 16.1. The van der Waals surface area contributed by atoms with E-state index in [0.29, 0.717) is 5.92 Å². The van der Waals surface area contributed by atoms with Gasteiger partial charge in [0.05, 0.1) is 0 Å². The number of carbonyl (C=O) groups excluding carboxylic acids is 1. The summed E-state index contributed by atoms with van der Waals surface area (Å²) in [5.41, 5.74) is 0.959. The molecule has 0 aliphatic heterocycles. The molecule has 0 amide bonds. The van der Waals surface area contributed by atoms with Crippen molar-refractivity contribution in [3.8, 4) is 0 Å². The van der Waals surface area contributed by atoms with E-state index in [0.717, 1.165) is 11.9 Å². The lowest BCUT2D eigenvalue weighted by Gasteiger charge is -2.26. The second-order valence-corrected chi connectivity index (χ2v) is 3.34. The number of carbonyl (C=O) groups is 1. The first-order chi connectivity index (χ1) is 5.24. The Bertz CT molecular complexity index is 168. The Balaban J connectivity index is 2.53. The summed E-state index contributed by atoms with van der Waals surface area (Å²) >= 11 is 0. The molecular weight excluding hydrogens is 138 g/mol. The van der Waals surface area contributed by atoms with Crippen molar-refractivity contribution in [2.75, 3.05) is 14.1 Å². The number of hydrogen-bond donors (Lipinski definition) is 0. The maximum atomic E-state index is 10.6. The number of allylic oxidation sites excluding steroid dienone is 1. The van der Waals surface area contributed by atoms with Gasteiger partial charge in [0.1, 0.15) is 6.29 Å². The van der Waals surface area contributed by atoms with Gasteiger partial charge < -0.3 is 4.90 Å². The van der Waals surface area contributed by atoms with Crippen LogP contribution in [-0.2, 0) is 4.79 Å². The Hall–Kier alpha value is -0.790. The largest absolute Gasteiger partial charge is 0.383 e. The van der Waals surface area contributed by atoms with E-state index in [4.69, 9.17) is 0 Å². The van der Waals surface area contributed by atoms with Gasteiger partial charge >= 0.3 is 0 Å². The lowest BCUT2D eigenvalue weighted by atomic mass is 9.80. The molecule has 0 heterocycles. The van der Waals surface area contributed by atoms with Crippen molar-refractivity contribution in [1.82, 2.24) is 4.90 Å². The maximum Gasteiger partial charge on any atom is 0.147 e. The van der Waals surface area contributed by atoms with Crippen LogP contribution in [0.5, 0.6) is 0 Å². The van der Waals surface area contributed by atoms with Crippen molar-refractivity contribution in [3.05, 3.63) is 11.8 Å². The Morgan fingerprint density at radius 3 is 2.36 bits per heavy atom. The van der Waals surface area contributed by atoms with Crippen LogP contribution in [0.4, 0.5) is 0 Å². The smallest absolute Gasteiger partial charge is 0.147 e. The number of aldehydes is 1. The topological polar surface area (TPSA) is 20.3 Å². The Labute approximate surface area is 67.9 Å². The number of nitrogens with zero attached hydrogens (tertiary/aromatic N) is 1. The summed E-state index contributed by atoms with van der Waals surface area (Å²) in [5.74, 6) is 0.551. The van der Waals surface area contributed by atoms with E-state index in [1.54, 1.807) is 0 Å². The molecule has 1 aliphatic carbocycles. The molecule has 0 radical (unpaired) electrons. The van der Waals surface area contributed by atoms with Gasteiger partial charge in [-0.1, -0.05) is 6.42 Å². The van der Waals surface area contributed by atoms with E-state index < -0.39 is 0 Å². The van der Waals surface area contributed by atoms with Crippen molar-refractivity contribution in [2.45, 2.75) is 19.3 Å². The molecule has 0 unspecified atom stereocenters. The third-order valence-corrected chi connectivity index (χ3v) is 2.12. The zero-order chi connectivity index (χ0) is 8.27. The normalized spacial score (nSPS) is 19.3. The summed E-state index contributed by atoms with van der Waals surface area (Å²) < 4.78 is 0. The molecule has 62 valence electrons. The molecule has 2 heteroatoms. The fraction of sp³-hybridized carbons (Fsp3) is 0.667. The summed E-state index contributed by atoms with van der Waals surface area (Å²) in [6, 6.07) is 0. The monoisotopic (exact) mass is 153 g/mol. The highest BCUT2D eigenvalue weighted by Crippen LogP contribution is 2.31. The zero-order valence-corrected chi connectivity index (χ0v) is 7.21. The second-order valence-electron chi connectivity index (χ2n) is 3.34. The third kappa shape index (κ3) is 2.07. The molecule has 0 spiro atoms. The van der Waals surface area contributed by atoms with Gasteiger partial charge in [0.2, 0.25) is 0 Å². The molecular formula is C9H15NO. The lowest BCUT2D eigenvalue weighted by molar-refractivity contribution is -0.105. The van der Waals surface area contributed by atoms with Crippen LogP contribution in [-0.4, -0.2) is 25.3 Å². The van der Waals surface area contributed by atoms with Gasteiger partial charge in [-0.15, -0.1) is 0 Å². The number of hydrogen-bond acceptors (Lipinski definition) is 2. The summed E-state index contributed by atoms with van der Waals surface area (Å²) in [4.78, 5) is 12.5. The molecule has 0 atom stereocenters. The molecule has 0 aromatic rings. The zero-order valence-electron chi connectivity index (χ0n) is 7.21. The van der Waals surface area contributed by atoms with Crippen LogP contribution in [0.2, 0.25) is 0 Å². The van der Waals surface area contributed by atoms with Gasteiger partial charge in [-0.3, -0.25) is 4.79 Å². The fourth-order valence-electron chi connectivity index (χ4n) is 1.27. The Morgan fingerprint density at radius 1 is 1.45 bits per heavy atom. The molecule has 1 saturated carbocycles. The minimum atomic E-state index is 0.551. The molecule has 0 aromatic heterocycles. The van der Waals surface area contributed by atoms with Crippen LogP contribution in [0.25, 0.3) is 0 Å². The summed E-state index contributed by atoms with van der Waals surface area (Å²) in [6.07, 6.45) is 6.58. The van der Waals surface area contributed by atoms with Crippen LogP contribution in [0.1, 0.15) is 19.3 Å². The van der Waals surface area contributed by atoms with E-state index in [9.17, 15) is 4.79 Å². The summed E-state index contributed by atoms with van der Waals surface area (Å²) in [5, 5.41) is 0. The standard InChI is InChI=1S/C9H15NO/c1-10(2)6-9(7-11)8-4-3-5-8/h6-8H,3-5H2,1-2H3. The van der Waals surface area contributed by atoms with Gasteiger partial charge in [-0.2, -0.15) is 0 Å². The minimum Gasteiger partial charge on any atom is -0.383 e. The van der Waals surface area contributed by atoms with E-state index in [1.807, 2.05) is 25.2 Å². The Kier molecular flexibility index (Phi) is 2.69. The van der Waals surface area contributed by atoms with Crippen LogP contribution in [0.15, 0.2) is 11.8 Å². The van der Waals surface area contributed by atoms with Crippen molar-refractivity contribution < 1.29 is 4.79 Å². The van der Waals surface area contributed by atoms with Gasteiger partial charge in [0.15, 0.2) is 0 Å². The van der Waals surface area contributed by atoms with Crippen molar-refractivity contribution in [3.63, 3.8) is 0 Å². The predicted molar refractivity (Wildman–Crippen MR) is 45.2 cm³/mol. The van der Waals surface area contributed by atoms with Gasteiger partial charge in [0.25, 0.3) is 0 Å². The third-order valence-electron chi connectivity index (χ3n) is 2.12. The molecule has 0 aromatic carbocycles. The average molecular weight is 153 g/mol. The molecule has 0 bridgehead atoms. The van der Waals surface area contributed by atoms with Gasteiger partial charge in [-0.05, 0) is 18.8 Å². The molecule has 0 N–H and O–H groups in total. The molecule has 1 fully saturated rings. The lowest BCUT2D eigenvalue weighted by Crippen LogP contribution is -2.17. The van der Waals surface area contributed by atoms with E-state index in [-0.39, 0.29) is 0 Å². The first kappa shape index (κ1) is 8.31. The molecule has 0 saturated heterocycles. The van der Waals surface area contributed by atoms with E-state index >= 15 is 0 Å². The second kappa shape index (κ2) is 3.56. The Morgan fingerprint density at radius 2 is 2.09 bits per heavy atom. The molecule has 1 rings (SSSR count). The maximum absolute atomic E-state index is 10.6. The summed E-state index contributed by atoms with van der Waals surface area (Å²) in [7, 11) is 3.89. The van der Waals surface area contributed by atoms with E-state index in [2.05, 4.69) is 0 Å². The van der Waals surface area contributed by atoms with Crippen LogP contribution < -0.4 is 0 Å². The van der Waals surface area contributed by atoms with Crippen LogP contribution in [0, 0.1) is 5.92 Å². The van der Waals surface area contributed by atoms with Crippen LogP contribution >= 0.6 is 0 Å². The SMILES string of the molecule is CN(C)C=C(C=O)C1CCC1. The molecule has 11 heavy (non-hydrogen) atoms. The quantitative estimate of drug-likeness (QED) is 0.451. The van der Waals surface area contributed by atoms with Gasteiger partial charge in [-0.25, -0.2) is 0 Å². The molecule has 2 nitrogen and oxygen atoms in total. The number of rotatable bonds is 3. The van der Waals surface area contributed by atoms with Crippen LogP contribution in [0.3, 0.4) is 0 Å².